The zero-order valence-electron chi connectivity index (χ0n) is 11.7. The highest BCUT2D eigenvalue weighted by Gasteiger charge is 2.15. The van der Waals surface area contributed by atoms with Crippen LogP contribution in [0.5, 0.6) is 0 Å². The Hall–Kier alpha value is -1.68. The summed E-state index contributed by atoms with van der Waals surface area (Å²) in [5, 5.41) is 3.77. The largest absolute Gasteiger partial charge is 0.363 e. The first-order valence-electron chi connectivity index (χ1n) is 6.51. The zero-order valence-corrected chi connectivity index (χ0v) is 12.4. The maximum absolute atomic E-state index is 12.9. The molecule has 20 heavy (non-hydrogen) atoms. The minimum absolute atomic E-state index is 0.000864. The molecule has 2 rings (SSSR count). The Bertz CT molecular complexity index is 584. The summed E-state index contributed by atoms with van der Waals surface area (Å²) in [6.07, 6.45) is 1.44. The Kier molecular flexibility index (Phi) is 4.55. The van der Waals surface area contributed by atoms with Gasteiger partial charge in [0.15, 0.2) is 0 Å². The molecular formula is C15H17ClFN3. The third kappa shape index (κ3) is 3.25. The first-order chi connectivity index (χ1) is 9.49. The molecule has 0 amide bonds. The first kappa shape index (κ1) is 14.7. The number of rotatable bonds is 4. The number of halogens is 2. The fourth-order valence-electron chi connectivity index (χ4n) is 2.04. The van der Waals surface area contributed by atoms with E-state index in [0.29, 0.717) is 5.15 Å². The summed E-state index contributed by atoms with van der Waals surface area (Å²) in [6.45, 7) is 6.07. The lowest BCUT2D eigenvalue weighted by atomic mass is 10.0. The van der Waals surface area contributed by atoms with Crippen LogP contribution < -0.4 is 5.32 Å². The molecule has 1 N–H and O–H groups in total. The minimum atomic E-state index is -0.242. The van der Waals surface area contributed by atoms with Crippen molar-refractivity contribution in [3.8, 4) is 0 Å². The topological polar surface area (TPSA) is 37.8 Å². The Labute approximate surface area is 123 Å². The molecule has 0 spiro atoms. The van der Waals surface area contributed by atoms with Gasteiger partial charge in [-0.3, -0.25) is 0 Å². The molecule has 0 aliphatic rings. The molecule has 0 saturated heterocycles. The quantitative estimate of drug-likeness (QED) is 0.839. The molecule has 0 aliphatic heterocycles. The third-order valence-electron chi connectivity index (χ3n) is 3.14. The van der Waals surface area contributed by atoms with E-state index in [9.17, 15) is 4.39 Å². The zero-order chi connectivity index (χ0) is 14.7. The Morgan fingerprint density at radius 1 is 1.10 bits per heavy atom. The second kappa shape index (κ2) is 6.18. The third-order valence-corrected chi connectivity index (χ3v) is 3.44. The van der Waals surface area contributed by atoms with Crippen LogP contribution in [-0.2, 0) is 0 Å². The number of benzene rings is 1. The van der Waals surface area contributed by atoms with Crippen molar-refractivity contribution in [3.63, 3.8) is 0 Å². The summed E-state index contributed by atoms with van der Waals surface area (Å²) in [5.74, 6) is 0.692. The van der Waals surface area contributed by atoms with Crippen molar-refractivity contribution in [1.82, 2.24) is 9.97 Å². The first-order valence-corrected chi connectivity index (χ1v) is 6.89. The van der Waals surface area contributed by atoms with Gasteiger partial charge in [-0.1, -0.05) is 37.6 Å². The van der Waals surface area contributed by atoms with E-state index in [4.69, 9.17) is 11.6 Å². The van der Waals surface area contributed by atoms with E-state index in [1.807, 2.05) is 20.8 Å². The maximum Gasteiger partial charge on any atom is 0.138 e. The molecule has 0 fully saturated rings. The highest BCUT2D eigenvalue weighted by molar-refractivity contribution is 6.30. The molecular weight excluding hydrogens is 277 g/mol. The van der Waals surface area contributed by atoms with Gasteiger partial charge in [-0.2, -0.15) is 0 Å². The molecule has 0 aliphatic carbocycles. The van der Waals surface area contributed by atoms with Crippen LogP contribution in [0.1, 0.15) is 43.9 Å². The van der Waals surface area contributed by atoms with E-state index in [-0.39, 0.29) is 17.8 Å². The van der Waals surface area contributed by atoms with Crippen molar-refractivity contribution in [2.24, 2.45) is 0 Å². The van der Waals surface area contributed by atoms with Crippen LogP contribution in [0.25, 0.3) is 0 Å². The molecule has 0 radical (unpaired) electrons. The van der Waals surface area contributed by atoms with E-state index in [0.717, 1.165) is 16.9 Å². The smallest absolute Gasteiger partial charge is 0.138 e. The molecule has 2 aromatic rings. The average molecular weight is 294 g/mol. The van der Waals surface area contributed by atoms with E-state index < -0.39 is 0 Å². The van der Waals surface area contributed by atoms with Crippen LogP contribution in [0.15, 0.2) is 30.6 Å². The van der Waals surface area contributed by atoms with Gasteiger partial charge in [0, 0.05) is 11.6 Å². The maximum atomic E-state index is 12.9. The highest BCUT2D eigenvalue weighted by Crippen LogP contribution is 2.30. The van der Waals surface area contributed by atoms with E-state index >= 15 is 0 Å². The van der Waals surface area contributed by atoms with Crippen molar-refractivity contribution in [2.45, 2.75) is 32.7 Å². The van der Waals surface area contributed by atoms with Gasteiger partial charge in [0.05, 0.1) is 0 Å². The predicted octanol–water partition coefficient (Wildman–Crippen LogP) is 4.57. The van der Waals surface area contributed by atoms with Crippen molar-refractivity contribution in [1.29, 1.82) is 0 Å². The van der Waals surface area contributed by atoms with E-state index in [1.165, 1.54) is 18.5 Å². The summed E-state index contributed by atoms with van der Waals surface area (Å²) < 4.78 is 12.9. The van der Waals surface area contributed by atoms with Gasteiger partial charge >= 0.3 is 0 Å². The summed E-state index contributed by atoms with van der Waals surface area (Å²) in [7, 11) is 0. The van der Waals surface area contributed by atoms with Crippen LogP contribution in [0.3, 0.4) is 0 Å². The lowest BCUT2D eigenvalue weighted by Gasteiger charge is -2.19. The second-order valence-electron chi connectivity index (χ2n) is 5.00. The highest BCUT2D eigenvalue weighted by atomic mass is 35.5. The number of nitrogens with one attached hydrogen (secondary N) is 1. The van der Waals surface area contributed by atoms with Gasteiger partial charge in [-0.05, 0) is 30.5 Å². The molecule has 1 atom stereocenters. The van der Waals surface area contributed by atoms with E-state index in [2.05, 4.69) is 15.3 Å². The molecule has 1 aromatic carbocycles. The van der Waals surface area contributed by atoms with Crippen molar-refractivity contribution < 1.29 is 4.39 Å². The number of hydrogen-bond donors (Lipinski definition) is 1. The SMILES string of the molecule is CC(C)c1c(Cl)ncnc1NC(C)c1ccc(F)cc1. The van der Waals surface area contributed by atoms with Gasteiger partial charge in [0.1, 0.15) is 23.1 Å². The summed E-state index contributed by atoms with van der Waals surface area (Å²) in [6, 6.07) is 6.41. The Morgan fingerprint density at radius 2 is 1.75 bits per heavy atom. The molecule has 1 unspecified atom stereocenters. The lowest BCUT2D eigenvalue weighted by Crippen LogP contribution is -2.11. The number of aromatic nitrogens is 2. The van der Waals surface area contributed by atoms with Gasteiger partial charge in [-0.15, -0.1) is 0 Å². The molecule has 5 heteroatoms. The predicted molar refractivity (Wildman–Crippen MR) is 79.6 cm³/mol. The summed E-state index contributed by atoms with van der Waals surface area (Å²) in [5.41, 5.74) is 1.87. The fourth-order valence-corrected chi connectivity index (χ4v) is 2.39. The number of nitrogens with zero attached hydrogens (tertiary/aromatic N) is 2. The van der Waals surface area contributed by atoms with Crippen molar-refractivity contribution >= 4 is 17.4 Å². The minimum Gasteiger partial charge on any atom is -0.363 e. The monoisotopic (exact) mass is 293 g/mol. The van der Waals surface area contributed by atoms with Crippen LogP contribution >= 0.6 is 11.6 Å². The van der Waals surface area contributed by atoms with Crippen LogP contribution in [0.2, 0.25) is 5.15 Å². The normalized spacial score (nSPS) is 12.5. The van der Waals surface area contributed by atoms with Gasteiger partial charge in [-0.25, -0.2) is 14.4 Å². The average Bonchev–Trinajstić information content (AvgIpc) is 2.39. The molecule has 0 bridgehead atoms. The van der Waals surface area contributed by atoms with Gasteiger partial charge < -0.3 is 5.32 Å². The van der Waals surface area contributed by atoms with Crippen LogP contribution in [-0.4, -0.2) is 9.97 Å². The van der Waals surface area contributed by atoms with Crippen LogP contribution in [0.4, 0.5) is 10.2 Å². The fraction of sp³-hybridized carbons (Fsp3) is 0.333. The van der Waals surface area contributed by atoms with E-state index in [1.54, 1.807) is 12.1 Å². The molecule has 0 saturated carbocycles. The molecule has 106 valence electrons. The standard InChI is InChI=1S/C15H17ClFN3/c1-9(2)13-14(16)18-8-19-15(13)20-10(3)11-4-6-12(17)7-5-11/h4-10H,1-3H3,(H,18,19,20). The van der Waals surface area contributed by atoms with Gasteiger partial charge in [0.2, 0.25) is 0 Å². The van der Waals surface area contributed by atoms with Crippen molar-refractivity contribution in [2.75, 3.05) is 5.32 Å². The number of anilines is 1. The Balaban J connectivity index is 2.26. The number of hydrogen-bond acceptors (Lipinski definition) is 3. The molecule has 1 heterocycles. The van der Waals surface area contributed by atoms with Crippen molar-refractivity contribution in [3.05, 3.63) is 52.7 Å². The Morgan fingerprint density at radius 3 is 2.35 bits per heavy atom. The van der Waals surface area contributed by atoms with Crippen LogP contribution in [0, 0.1) is 5.82 Å². The lowest BCUT2D eigenvalue weighted by molar-refractivity contribution is 0.626. The molecule has 1 aromatic heterocycles. The summed E-state index contributed by atoms with van der Waals surface area (Å²) in [4.78, 5) is 8.28. The summed E-state index contributed by atoms with van der Waals surface area (Å²) >= 11 is 6.13. The molecule has 3 nitrogen and oxygen atoms in total. The van der Waals surface area contributed by atoms with Gasteiger partial charge in [0.25, 0.3) is 0 Å². The second-order valence-corrected chi connectivity index (χ2v) is 5.36.